The van der Waals surface area contributed by atoms with Crippen LogP contribution in [0.4, 0.5) is 0 Å². The Kier molecular flexibility index (Phi) is 12.0. The Morgan fingerprint density at radius 2 is 1.13 bits per heavy atom. The third-order valence-corrected chi connectivity index (χ3v) is 5.25. The maximum absolute atomic E-state index is 9.01. The predicted molar refractivity (Wildman–Crippen MR) is 122 cm³/mol. The summed E-state index contributed by atoms with van der Waals surface area (Å²) in [5.74, 6) is 1.78. The zero-order chi connectivity index (χ0) is 21.4. The number of unbranched alkanes of at least 4 members (excludes halogenated alkanes) is 5. The maximum atomic E-state index is 9.01. The molecule has 2 aromatic carbocycles. The molecule has 166 valence electrons. The normalized spacial score (nSPS) is 11.1. The Balaban J connectivity index is 1.54. The van der Waals surface area contributed by atoms with Gasteiger partial charge >= 0.3 is 0 Å². The molecule has 0 amide bonds. The van der Waals surface area contributed by atoms with Crippen molar-refractivity contribution in [1.29, 1.82) is 0 Å². The molecular formula is C25H37NO4. The van der Waals surface area contributed by atoms with E-state index in [1.54, 1.807) is 7.11 Å². The zero-order valence-corrected chi connectivity index (χ0v) is 18.3. The summed E-state index contributed by atoms with van der Waals surface area (Å²) in [5, 5.41) is 18.0. The van der Waals surface area contributed by atoms with Crippen LogP contribution in [0.15, 0.2) is 48.5 Å². The Morgan fingerprint density at radius 1 is 0.633 bits per heavy atom. The third-order valence-electron chi connectivity index (χ3n) is 5.25. The highest BCUT2D eigenvalue weighted by Gasteiger charge is 2.03. The smallest absolute Gasteiger partial charge is 0.119 e. The highest BCUT2D eigenvalue weighted by atomic mass is 16.5. The molecule has 0 heterocycles. The Hall–Kier alpha value is -2.08. The van der Waals surface area contributed by atoms with Crippen LogP contribution in [0.2, 0.25) is 0 Å². The van der Waals surface area contributed by atoms with Gasteiger partial charge in [0.1, 0.15) is 11.5 Å². The van der Waals surface area contributed by atoms with E-state index in [9.17, 15) is 0 Å². The lowest BCUT2D eigenvalue weighted by atomic mass is 10.1. The fourth-order valence-corrected chi connectivity index (χ4v) is 3.48. The third kappa shape index (κ3) is 9.16. The van der Waals surface area contributed by atoms with Crippen LogP contribution in [0.25, 0.3) is 11.1 Å². The van der Waals surface area contributed by atoms with Crippen LogP contribution < -0.4 is 9.47 Å². The highest BCUT2D eigenvalue weighted by molar-refractivity contribution is 5.64. The molecule has 0 atom stereocenters. The summed E-state index contributed by atoms with van der Waals surface area (Å²) in [5.41, 5.74) is 2.33. The molecule has 2 rings (SSSR count). The molecular weight excluding hydrogens is 378 g/mol. The molecule has 0 bridgehead atoms. The molecule has 30 heavy (non-hydrogen) atoms. The average Bonchev–Trinajstić information content (AvgIpc) is 2.78. The summed E-state index contributed by atoms with van der Waals surface area (Å²) in [6.45, 7) is 3.33. The summed E-state index contributed by atoms with van der Waals surface area (Å²) in [7, 11) is 1.68. The maximum Gasteiger partial charge on any atom is 0.119 e. The van der Waals surface area contributed by atoms with Gasteiger partial charge in [-0.05, 0) is 54.8 Å². The van der Waals surface area contributed by atoms with Crippen LogP contribution in [0.3, 0.4) is 0 Å². The first-order chi connectivity index (χ1) is 14.8. The molecule has 5 nitrogen and oxygen atoms in total. The van der Waals surface area contributed by atoms with E-state index >= 15 is 0 Å². The van der Waals surface area contributed by atoms with Crippen molar-refractivity contribution in [1.82, 2.24) is 4.90 Å². The number of aliphatic hydroxyl groups excluding tert-OH is 2. The largest absolute Gasteiger partial charge is 0.497 e. The lowest BCUT2D eigenvalue weighted by Gasteiger charge is -2.19. The van der Waals surface area contributed by atoms with E-state index in [0.29, 0.717) is 13.1 Å². The lowest BCUT2D eigenvalue weighted by molar-refractivity contribution is 0.159. The molecule has 0 spiro atoms. The van der Waals surface area contributed by atoms with Gasteiger partial charge in [0.15, 0.2) is 0 Å². The molecule has 5 heteroatoms. The summed E-state index contributed by atoms with van der Waals surface area (Å²) in [6, 6.07) is 16.3. The van der Waals surface area contributed by atoms with Crippen LogP contribution in [0, 0.1) is 0 Å². The highest BCUT2D eigenvalue weighted by Crippen LogP contribution is 2.24. The van der Waals surface area contributed by atoms with Crippen molar-refractivity contribution < 1.29 is 19.7 Å². The molecule has 0 aromatic heterocycles. The van der Waals surface area contributed by atoms with Gasteiger partial charge in [0.25, 0.3) is 0 Å². The number of rotatable bonds is 16. The number of hydrogen-bond donors (Lipinski definition) is 2. The number of aliphatic hydroxyl groups is 2. The summed E-state index contributed by atoms with van der Waals surface area (Å²) in [6.07, 6.45) is 7.02. The Morgan fingerprint density at radius 3 is 1.67 bits per heavy atom. The SMILES string of the molecule is COc1ccc(-c2ccc(OCCCCCCCCN(CCO)CCO)cc2)cc1. The molecule has 0 saturated carbocycles. The van der Waals surface area contributed by atoms with Crippen LogP contribution in [-0.2, 0) is 0 Å². The molecule has 2 N–H and O–H groups in total. The van der Waals surface area contributed by atoms with E-state index in [1.165, 1.54) is 31.2 Å². The van der Waals surface area contributed by atoms with E-state index in [0.717, 1.165) is 43.1 Å². The summed E-state index contributed by atoms with van der Waals surface area (Å²) < 4.78 is 11.1. The second-order valence-corrected chi connectivity index (χ2v) is 7.51. The molecule has 0 aliphatic heterocycles. The van der Waals surface area contributed by atoms with Crippen molar-refractivity contribution in [2.45, 2.75) is 38.5 Å². The monoisotopic (exact) mass is 415 g/mol. The minimum absolute atomic E-state index is 0.157. The van der Waals surface area contributed by atoms with Crippen LogP contribution in [0.1, 0.15) is 38.5 Å². The first-order valence-electron chi connectivity index (χ1n) is 11.1. The number of methoxy groups -OCH3 is 1. The molecule has 2 aromatic rings. The Labute approximate surface area is 181 Å². The standard InChI is InChI=1S/C25H37NO4/c1-29-24-12-8-22(9-13-24)23-10-14-25(15-11-23)30-21-7-5-3-2-4-6-16-26(17-19-27)18-20-28/h8-15,27-28H,2-7,16-21H2,1H3. The first kappa shape index (κ1) is 24.2. The van der Waals surface area contributed by atoms with Crippen molar-refractivity contribution in [2.24, 2.45) is 0 Å². The van der Waals surface area contributed by atoms with Crippen LogP contribution in [0.5, 0.6) is 11.5 Å². The first-order valence-corrected chi connectivity index (χ1v) is 11.1. The quantitative estimate of drug-likeness (QED) is 0.399. The predicted octanol–water partition coefficient (Wildman–Crippen LogP) is 4.37. The second kappa shape index (κ2) is 14.8. The van der Waals surface area contributed by atoms with Crippen LogP contribution >= 0.6 is 0 Å². The van der Waals surface area contributed by atoms with Crippen LogP contribution in [-0.4, -0.2) is 61.7 Å². The summed E-state index contributed by atoms with van der Waals surface area (Å²) in [4.78, 5) is 2.12. The second-order valence-electron chi connectivity index (χ2n) is 7.51. The van der Waals surface area contributed by atoms with Gasteiger partial charge in [-0.25, -0.2) is 0 Å². The minimum Gasteiger partial charge on any atom is -0.497 e. The zero-order valence-electron chi connectivity index (χ0n) is 18.3. The number of hydrogen-bond acceptors (Lipinski definition) is 5. The lowest BCUT2D eigenvalue weighted by Crippen LogP contribution is -2.30. The van der Waals surface area contributed by atoms with Crippen molar-refractivity contribution in [2.75, 3.05) is 46.6 Å². The van der Waals surface area contributed by atoms with Gasteiger partial charge in [-0.15, -0.1) is 0 Å². The van der Waals surface area contributed by atoms with Gasteiger partial charge in [0.05, 0.1) is 26.9 Å². The van der Waals surface area contributed by atoms with E-state index in [-0.39, 0.29) is 13.2 Å². The molecule has 0 radical (unpaired) electrons. The van der Waals surface area contributed by atoms with Gasteiger partial charge in [-0.3, -0.25) is 4.90 Å². The van der Waals surface area contributed by atoms with Crippen molar-refractivity contribution >= 4 is 0 Å². The number of ether oxygens (including phenoxy) is 2. The van der Waals surface area contributed by atoms with Gasteiger partial charge in [-0.1, -0.05) is 49.9 Å². The Bertz CT molecular complexity index is 667. The van der Waals surface area contributed by atoms with Crippen molar-refractivity contribution in [3.63, 3.8) is 0 Å². The molecule has 0 aliphatic carbocycles. The molecule has 0 aliphatic rings. The van der Waals surface area contributed by atoms with Crippen molar-refractivity contribution in [3.8, 4) is 22.6 Å². The molecule has 0 fully saturated rings. The van der Waals surface area contributed by atoms with E-state index in [1.807, 2.05) is 24.3 Å². The van der Waals surface area contributed by atoms with Gasteiger partial charge in [-0.2, -0.15) is 0 Å². The van der Waals surface area contributed by atoms with Gasteiger partial charge < -0.3 is 19.7 Å². The summed E-state index contributed by atoms with van der Waals surface area (Å²) >= 11 is 0. The number of benzene rings is 2. The fourth-order valence-electron chi connectivity index (χ4n) is 3.48. The average molecular weight is 416 g/mol. The molecule has 0 saturated heterocycles. The van der Waals surface area contributed by atoms with E-state index < -0.39 is 0 Å². The van der Waals surface area contributed by atoms with Gasteiger partial charge in [0.2, 0.25) is 0 Å². The van der Waals surface area contributed by atoms with Crippen molar-refractivity contribution in [3.05, 3.63) is 48.5 Å². The van der Waals surface area contributed by atoms with E-state index in [4.69, 9.17) is 19.7 Å². The number of nitrogens with zero attached hydrogens (tertiary/aromatic N) is 1. The topological polar surface area (TPSA) is 62.2 Å². The van der Waals surface area contributed by atoms with Gasteiger partial charge in [0, 0.05) is 13.1 Å². The fraction of sp³-hybridized carbons (Fsp3) is 0.520. The molecule has 0 unspecified atom stereocenters. The minimum atomic E-state index is 0.157. The van der Waals surface area contributed by atoms with E-state index in [2.05, 4.69) is 29.2 Å².